The van der Waals surface area contributed by atoms with Crippen LogP contribution in [0, 0.1) is 5.92 Å². The van der Waals surface area contributed by atoms with Crippen LogP contribution in [0.1, 0.15) is 19.3 Å². The predicted molar refractivity (Wildman–Crippen MR) is 97.1 cm³/mol. The molecule has 1 saturated heterocycles. The first-order valence-corrected chi connectivity index (χ1v) is 10.6. The molecular weight excluding hydrogens is 378 g/mol. The van der Waals surface area contributed by atoms with Gasteiger partial charge in [-0.15, -0.1) is 0 Å². The highest BCUT2D eigenvalue weighted by Gasteiger charge is 2.35. The van der Waals surface area contributed by atoms with Crippen molar-refractivity contribution in [2.45, 2.75) is 24.2 Å². The van der Waals surface area contributed by atoms with Crippen molar-refractivity contribution in [2.24, 2.45) is 5.92 Å². The lowest BCUT2D eigenvalue weighted by Gasteiger charge is -2.35. The van der Waals surface area contributed by atoms with Crippen LogP contribution in [0.5, 0.6) is 0 Å². The molecule has 0 spiro atoms. The minimum absolute atomic E-state index is 0.00122. The molecule has 0 atom stereocenters. The molecule has 142 valence electrons. The minimum atomic E-state index is -3.75. The molecular formula is C17H22ClN3O4S. The normalized spacial score (nSPS) is 18.0. The standard InChI is InChI=1S/C17H22ClN3O4S/c18-14-3-1-2-4-15(14)26(24,25)19-8-7-16(22)20-9-11-21(12-10-20)17(23)13-5-6-13/h1-4,13,19H,5-12H2. The zero-order valence-corrected chi connectivity index (χ0v) is 15.9. The van der Waals surface area contributed by atoms with Gasteiger partial charge in [-0.3, -0.25) is 9.59 Å². The molecule has 9 heteroatoms. The van der Waals surface area contributed by atoms with E-state index in [-0.39, 0.29) is 40.6 Å². The molecule has 1 aromatic carbocycles. The first-order chi connectivity index (χ1) is 12.4. The van der Waals surface area contributed by atoms with Gasteiger partial charge in [0.1, 0.15) is 4.90 Å². The molecule has 7 nitrogen and oxygen atoms in total. The van der Waals surface area contributed by atoms with Crippen molar-refractivity contribution in [3.8, 4) is 0 Å². The van der Waals surface area contributed by atoms with Crippen LogP contribution in [0.15, 0.2) is 29.2 Å². The number of halogens is 1. The summed E-state index contributed by atoms with van der Waals surface area (Å²) >= 11 is 5.91. The molecule has 1 N–H and O–H groups in total. The molecule has 1 saturated carbocycles. The highest BCUT2D eigenvalue weighted by Crippen LogP contribution is 2.31. The summed E-state index contributed by atoms with van der Waals surface area (Å²) in [5, 5.41) is 0.141. The van der Waals surface area contributed by atoms with E-state index in [9.17, 15) is 18.0 Å². The van der Waals surface area contributed by atoms with Gasteiger partial charge in [-0.2, -0.15) is 0 Å². The Morgan fingerprint density at radius 3 is 2.31 bits per heavy atom. The van der Waals surface area contributed by atoms with E-state index in [2.05, 4.69) is 4.72 Å². The molecule has 0 radical (unpaired) electrons. The first-order valence-electron chi connectivity index (χ1n) is 8.69. The van der Waals surface area contributed by atoms with Gasteiger partial charge in [0.25, 0.3) is 0 Å². The molecule has 2 fully saturated rings. The fraction of sp³-hybridized carbons (Fsp3) is 0.529. The number of nitrogens with zero attached hydrogens (tertiary/aromatic N) is 2. The third kappa shape index (κ3) is 4.55. The van der Waals surface area contributed by atoms with Crippen molar-refractivity contribution < 1.29 is 18.0 Å². The number of hydrogen-bond donors (Lipinski definition) is 1. The Bertz CT molecular complexity index is 787. The third-order valence-corrected chi connectivity index (χ3v) is 6.59. The average molecular weight is 400 g/mol. The van der Waals surface area contributed by atoms with Gasteiger partial charge in [0.2, 0.25) is 21.8 Å². The predicted octanol–water partition coefficient (Wildman–Crippen LogP) is 1.09. The fourth-order valence-corrected chi connectivity index (χ4v) is 4.50. The Morgan fingerprint density at radius 2 is 1.69 bits per heavy atom. The van der Waals surface area contributed by atoms with Gasteiger partial charge in [0.05, 0.1) is 5.02 Å². The smallest absolute Gasteiger partial charge is 0.242 e. The van der Waals surface area contributed by atoms with E-state index >= 15 is 0 Å². The Hall–Kier alpha value is -1.64. The van der Waals surface area contributed by atoms with Crippen LogP contribution in [0.4, 0.5) is 0 Å². The van der Waals surface area contributed by atoms with E-state index in [1.165, 1.54) is 12.1 Å². The summed E-state index contributed by atoms with van der Waals surface area (Å²) < 4.78 is 26.9. The summed E-state index contributed by atoms with van der Waals surface area (Å²) in [6.45, 7) is 2.09. The van der Waals surface area contributed by atoms with Crippen LogP contribution in [-0.2, 0) is 19.6 Å². The maximum atomic E-state index is 12.3. The summed E-state index contributed by atoms with van der Waals surface area (Å²) in [5.41, 5.74) is 0. The van der Waals surface area contributed by atoms with Crippen molar-refractivity contribution in [3.05, 3.63) is 29.3 Å². The lowest BCUT2D eigenvalue weighted by Crippen LogP contribution is -2.51. The van der Waals surface area contributed by atoms with Crippen LogP contribution >= 0.6 is 11.6 Å². The van der Waals surface area contributed by atoms with Crippen molar-refractivity contribution in [1.29, 1.82) is 0 Å². The van der Waals surface area contributed by atoms with E-state index in [0.29, 0.717) is 26.2 Å². The number of carbonyl (C=O) groups excluding carboxylic acids is 2. The highest BCUT2D eigenvalue weighted by molar-refractivity contribution is 7.89. The zero-order valence-electron chi connectivity index (χ0n) is 14.4. The van der Waals surface area contributed by atoms with Crippen LogP contribution in [0.2, 0.25) is 5.02 Å². The van der Waals surface area contributed by atoms with Crippen molar-refractivity contribution in [1.82, 2.24) is 14.5 Å². The quantitative estimate of drug-likeness (QED) is 0.775. The second-order valence-corrected chi connectivity index (χ2v) is 8.70. The highest BCUT2D eigenvalue weighted by atomic mass is 35.5. The molecule has 3 rings (SSSR count). The molecule has 0 bridgehead atoms. The summed E-state index contributed by atoms with van der Waals surface area (Å²) in [6.07, 6.45) is 2.02. The SMILES string of the molecule is O=C(CCNS(=O)(=O)c1ccccc1Cl)N1CCN(C(=O)C2CC2)CC1. The fourth-order valence-electron chi connectivity index (χ4n) is 2.96. The first kappa shape index (κ1) is 19.1. The lowest BCUT2D eigenvalue weighted by molar-refractivity contribution is -0.140. The maximum absolute atomic E-state index is 12.3. The number of hydrogen-bond acceptors (Lipinski definition) is 4. The van der Waals surface area contributed by atoms with Gasteiger partial charge in [-0.1, -0.05) is 23.7 Å². The second-order valence-electron chi connectivity index (χ2n) is 6.56. The molecule has 1 aromatic rings. The Morgan fingerprint density at radius 1 is 1.08 bits per heavy atom. The third-order valence-electron chi connectivity index (χ3n) is 4.63. The molecule has 2 amide bonds. The van der Waals surface area contributed by atoms with Crippen molar-refractivity contribution in [3.63, 3.8) is 0 Å². The molecule has 0 unspecified atom stereocenters. The van der Waals surface area contributed by atoms with E-state index in [1.54, 1.807) is 17.0 Å². The summed E-state index contributed by atoms with van der Waals surface area (Å²) in [5.74, 6) is 0.270. The molecule has 26 heavy (non-hydrogen) atoms. The summed E-state index contributed by atoms with van der Waals surface area (Å²) in [6, 6.07) is 6.17. The van der Waals surface area contributed by atoms with E-state index in [4.69, 9.17) is 11.6 Å². The number of piperazine rings is 1. The number of sulfonamides is 1. The Labute approximate surface area is 158 Å². The van der Waals surface area contributed by atoms with Crippen molar-refractivity contribution in [2.75, 3.05) is 32.7 Å². The molecule has 2 aliphatic rings. The van der Waals surface area contributed by atoms with E-state index in [0.717, 1.165) is 12.8 Å². The largest absolute Gasteiger partial charge is 0.339 e. The number of amides is 2. The van der Waals surface area contributed by atoms with Crippen LogP contribution in [0.3, 0.4) is 0 Å². The van der Waals surface area contributed by atoms with Gasteiger partial charge in [-0.05, 0) is 25.0 Å². The average Bonchev–Trinajstić information content (AvgIpc) is 3.46. The monoisotopic (exact) mass is 399 g/mol. The number of rotatable bonds is 6. The molecule has 1 aliphatic heterocycles. The molecule has 0 aromatic heterocycles. The minimum Gasteiger partial charge on any atom is -0.339 e. The van der Waals surface area contributed by atoms with Gasteiger partial charge in [-0.25, -0.2) is 13.1 Å². The second kappa shape index (κ2) is 7.94. The van der Waals surface area contributed by atoms with Gasteiger partial charge in [0.15, 0.2) is 0 Å². The van der Waals surface area contributed by atoms with Gasteiger partial charge in [0, 0.05) is 45.1 Å². The van der Waals surface area contributed by atoms with Crippen LogP contribution in [-0.4, -0.2) is 62.8 Å². The molecule has 1 heterocycles. The topological polar surface area (TPSA) is 86.8 Å². The lowest BCUT2D eigenvalue weighted by atomic mass is 10.2. The van der Waals surface area contributed by atoms with Crippen LogP contribution in [0.25, 0.3) is 0 Å². The maximum Gasteiger partial charge on any atom is 0.242 e. The Balaban J connectivity index is 1.44. The van der Waals surface area contributed by atoms with Gasteiger partial charge < -0.3 is 9.80 Å². The van der Waals surface area contributed by atoms with Gasteiger partial charge >= 0.3 is 0 Å². The zero-order chi connectivity index (χ0) is 18.7. The van der Waals surface area contributed by atoms with E-state index in [1.807, 2.05) is 4.90 Å². The van der Waals surface area contributed by atoms with Crippen LogP contribution < -0.4 is 4.72 Å². The number of nitrogens with one attached hydrogen (secondary N) is 1. The summed E-state index contributed by atoms with van der Waals surface area (Å²) in [4.78, 5) is 27.8. The summed E-state index contributed by atoms with van der Waals surface area (Å²) in [7, 11) is -3.75. The molecule has 1 aliphatic carbocycles. The van der Waals surface area contributed by atoms with Crippen molar-refractivity contribution >= 4 is 33.4 Å². The van der Waals surface area contributed by atoms with E-state index < -0.39 is 10.0 Å². The number of carbonyl (C=O) groups is 2. The number of benzene rings is 1. The Kier molecular flexibility index (Phi) is 5.84.